The zero-order chi connectivity index (χ0) is 17.7. The van der Waals surface area contributed by atoms with Crippen LogP contribution in [0.25, 0.3) is 0 Å². The number of rotatable bonds is 3. The van der Waals surface area contributed by atoms with Crippen molar-refractivity contribution in [3.8, 4) is 0 Å². The first-order chi connectivity index (χ1) is 12.2. The molecule has 3 aliphatic rings. The minimum absolute atomic E-state index is 0.529. The van der Waals surface area contributed by atoms with Crippen LogP contribution in [0.3, 0.4) is 0 Å². The molecule has 5 nitrogen and oxygen atoms in total. The fraction of sp³-hybridized carbons (Fsp3) is 0.700. The number of aldehydes is 1. The van der Waals surface area contributed by atoms with Crippen LogP contribution in [0.1, 0.15) is 54.2 Å². The summed E-state index contributed by atoms with van der Waals surface area (Å²) in [6.45, 7) is 6.80. The first-order valence-electron chi connectivity index (χ1n) is 9.43. The molecule has 0 radical (unpaired) electrons. The topological polar surface area (TPSA) is 51.7 Å². The van der Waals surface area contributed by atoms with Crippen LogP contribution in [0.4, 0.5) is 0 Å². The van der Waals surface area contributed by atoms with E-state index in [2.05, 4.69) is 14.6 Å². The number of nitrogens with zero attached hydrogens (tertiary/aromatic N) is 2. The van der Waals surface area contributed by atoms with Crippen LogP contribution in [0.5, 0.6) is 0 Å². The molecule has 0 aromatic carbocycles. The number of carbonyl (C=O) groups is 1. The molecular formula is C20H30N2O3. The van der Waals surface area contributed by atoms with Crippen molar-refractivity contribution in [1.82, 2.24) is 9.88 Å². The van der Waals surface area contributed by atoms with Crippen molar-refractivity contribution < 1.29 is 14.3 Å². The lowest BCUT2D eigenvalue weighted by atomic mass is 9.71. The maximum absolute atomic E-state index is 10.8. The summed E-state index contributed by atoms with van der Waals surface area (Å²) in [5.41, 5.74) is 3.66. The second-order valence-electron chi connectivity index (χ2n) is 7.51. The Morgan fingerprint density at radius 3 is 2.68 bits per heavy atom. The van der Waals surface area contributed by atoms with Crippen LogP contribution in [0, 0.1) is 5.41 Å². The summed E-state index contributed by atoms with van der Waals surface area (Å²) in [5.74, 6) is 0. The molecule has 4 rings (SSSR count). The maximum atomic E-state index is 10.8. The number of aromatic nitrogens is 1. The van der Waals surface area contributed by atoms with Crippen molar-refractivity contribution >= 4 is 6.29 Å². The highest BCUT2D eigenvalue weighted by Gasteiger charge is 2.42. The van der Waals surface area contributed by atoms with Crippen LogP contribution in [0.2, 0.25) is 0 Å². The number of ether oxygens (including phenoxy) is 2. The van der Waals surface area contributed by atoms with Gasteiger partial charge in [-0.1, -0.05) is 0 Å². The van der Waals surface area contributed by atoms with Gasteiger partial charge in [0.25, 0.3) is 0 Å². The van der Waals surface area contributed by atoms with E-state index >= 15 is 0 Å². The molecule has 0 unspecified atom stereocenters. The molecule has 2 aliphatic heterocycles. The predicted molar refractivity (Wildman–Crippen MR) is 96.8 cm³/mol. The van der Waals surface area contributed by atoms with Gasteiger partial charge in [0.05, 0.1) is 18.9 Å². The van der Waals surface area contributed by atoms with E-state index in [9.17, 15) is 4.79 Å². The molecule has 0 N–H and O–H groups in total. The fourth-order valence-electron chi connectivity index (χ4n) is 4.09. The van der Waals surface area contributed by atoms with Gasteiger partial charge >= 0.3 is 0 Å². The molecule has 2 fully saturated rings. The van der Waals surface area contributed by atoms with Crippen molar-refractivity contribution in [3.05, 3.63) is 29.1 Å². The molecule has 1 aromatic rings. The van der Waals surface area contributed by atoms with Crippen molar-refractivity contribution in [1.29, 1.82) is 0 Å². The molecule has 1 saturated carbocycles. The van der Waals surface area contributed by atoms with Crippen LogP contribution < -0.4 is 0 Å². The summed E-state index contributed by atoms with van der Waals surface area (Å²) in [6, 6.07) is 2.71. The second-order valence-corrected chi connectivity index (χ2v) is 7.51. The van der Waals surface area contributed by atoms with Gasteiger partial charge in [0.15, 0.2) is 6.29 Å². The van der Waals surface area contributed by atoms with E-state index in [1.807, 2.05) is 13.0 Å². The SMILES string of the molecule is CCOC.O=Cc1cnc2c(c1)CCN(C1CCC3(CC1)COC3)C2. The second kappa shape index (κ2) is 8.39. The molecule has 25 heavy (non-hydrogen) atoms. The monoisotopic (exact) mass is 346 g/mol. The smallest absolute Gasteiger partial charge is 0.151 e. The number of pyridine rings is 1. The fourth-order valence-corrected chi connectivity index (χ4v) is 4.09. The third-order valence-corrected chi connectivity index (χ3v) is 5.88. The molecule has 0 amide bonds. The molecule has 0 bridgehead atoms. The minimum atomic E-state index is 0.529. The number of fused-ring (bicyclic) bond motifs is 1. The maximum Gasteiger partial charge on any atom is 0.151 e. The largest absolute Gasteiger partial charge is 0.385 e. The lowest BCUT2D eigenvalue weighted by Gasteiger charge is -2.48. The lowest BCUT2D eigenvalue weighted by Crippen LogP contribution is -2.50. The van der Waals surface area contributed by atoms with Crippen molar-refractivity contribution in [2.45, 2.75) is 51.6 Å². The van der Waals surface area contributed by atoms with Gasteiger partial charge in [-0.15, -0.1) is 0 Å². The molecular weight excluding hydrogens is 316 g/mol. The summed E-state index contributed by atoms with van der Waals surface area (Å²) in [4.78, 5) is 17.9. The van der Waals surface area contributed by atoms with Gasteiger partial charge in [0.2, 0.25) is 0 Å². The molecule has 138 valence electrons. The summed E-state index contributed by atoms with van der Waals surface area (Å²) < 4.78 is 9.95. The summed E-state index contributed by atoms with van der Waals surface area (Å²) >= 11 is 0. The first-order valence-corrected chi connectivity index (χ1v) is 9.43. The zero-order valence-electron chi connectivity index (χ0n) is 15.5. The highest BCUT2D eigenvalue weighted by atomic mass is 16.5. The average Bonchev–Trinajstić information content (AvgIpc) is 2.66. The Balaban J connectivity index is 0.000000415. The van der Waals surface area contributed by atoms with Crippen LogP contribution in [-0.2, 0) is 22.4 Å². The Kier molecular flexibility index (Phi) is 6.20. The molecule has 1 spiro atoms. The molecule has 1 aromatic heterocycles. The Labute approximate surface area is 150 Å². The van der Waals surface area contributed by atoms with E-state index in [4.69, 9.17) is 4.74 Å². The van der Waals surface area contributed by atoms with Crippen LogP contribution >= 0.6 is 0 Å². The summed E-state index contributed by atoms with van der Waals surface area (Å²) in [7, 11) is 1.68. The van der Waals surface area contributed by atoms with E-state index in [0.717, 1.165) is 45.6 Å². The van der Waals surface area contributed by atoms with Gasteiger partial charge in [-0.3, -0.25) is 14.7 Å². The zero-order valence-corrected chi connectivity index (χ0v) is 15.5. The first kappa shape index (κ1) is 18.5. The van der Waals surface area contributed by atoms with Crippen molar-refractivity contribution in [2.75, 3.05) is 33.5 Å². The summed E-state index contributed by atoms with van der Waals surface area (Å²) in [5, 5.41) is 0. The number of carbonyl (C=O) groups excluding carboxylic acids is 1. The van der Waals surface area contributed by atoms with Gasteiger partial charge in [-0.25, -0.2) is 0 Å². The van der Waals surface area contributed by atoms with E-state index in [0.29, 0.717) is 17.0 Å². The Morgan fingerprint density at radius 2 is 2.12 bits per heavy atom. The quantitative estimate of drug-likeness (QED) is 0.788. The molecule has 0 atom stereocenters. The Morgan fingerprint density at radius 1 is 1.40 bits per heavy atom. The van der Waals surface area contributed by atoms with E-state index in [-0.39, 0.29) is 0 Å². The van der Waals surface area contributed by atoms with E-state index < -0.39 is 0 Å². The van der Waals surface area contributed by atoms with Gasteiger partial charge in [0.1, 0.15) is 0 Å². The Bertz CT molecular complexity index is 574. The van der Waals surface area contributed by atoms with Crippen LogP contribution in [-0.4, -0.2) is 55.7 Å². The third-order valence-electron chi connectivity index (χ3n) is 5.88. The standard InChI is InChI=1S/C17H22N2O2.C3H8O/c20-10-13-7-14-3-6-19(9-16(14)18-8-13)15-1-4-17(5-2-15)11-21-12-17;1-3-4-2/h7-8,10,15H,1-6,9,11-12H2;3H2,1-2H3. The lowest BCUT2D eigenvalue weighted by molar-refractivity contribution is -0.138. The highest BCUT2D eigenvalue weighted by Crippen LogP contribution is 2.43. The van der Waals surface area contributed by atoms with Gasteiger partial charge in [0, 0.05) is 50.0 Å². The van der Waals surface area contributed by atoms with Gasteiger partial charge < -0.3 is 9.47 Å². The minimum Gasteiger partial charge on any atom is -0.385 e. The molecule has 1 saturated heterocycles. The molecule has 1 aliphatic carbocycles. The highest BCUT2D eigenvalue weighted by molar-refractivity contribution is 5.74. The molecule has 5 heteroatoms. The van der Waals surface area contributed by atoms with E-state index in [1.54, 1.807) is 13.3 Å². The predicted octanol–water partition coefficient (Wildman–Crippen LogP) is 2.86. The van der Waals surface area contributed by atoms with Gasteiger partial charge in [-0.2, -0.15) is 0 Å². The van der Waals surface area contributed by atoms with Crippen molar-refractivity contribution in [2.24, 2.45) is 5.41 Å². The molecule has 3 heterocycles. The average molecular weight is 346 g/mol. The number of methoxy groups -OCH3 is 1. The third kappa shape index (κ3) is 4.27. The summed E-state index contributed by atoms with van der Waals surface area (Å²) in [6.07, 6.45) is 8.85. The van der Waals surface area contributed by atoms with E-state index in [1.165, 1.54) is 36.9 Å². The number of hydrogen-bond acceptors (Lipinski definition) is 5. The normalized spacial score (nSPS) is 22.5. The van der Waals surface area contributed by atoms with Crippen LogP contribution in [0.15, 0.2) is 12.3 Å². The Hall–Kier alpha value is -1.30. The van der Waals surface area contributed by atoms with Gasteiger partial charge in [-0.05, 0) is 50.7 Å². The number of hydrogen-bond donors (Lipinski definition) is 0. The van der Waals surface area contributed by atoms with Crippen molar-refractivity contribution in [3.63, 3.8) is 0 Å².